The van der Waals surface area contributed by atoms with Crippen molar-refractivity contribution in [3.63, 3.8) is 0 Å². The summed E-state index contributed by atoms with van der Waals surface area (Å²) in [5, 5.41) is 3.39. The molecule has 1 amide bonds. The van der Waals surface area contributed by atoms with Crippen LogP contribution in [0.25, 0.3) is 0 Å². The third-order valence-corrected chi connectivity index (χ3v) is 3.60. The van der Waals surface area contributed by atoms with Crippen LogP contribution < -0.4 is 5.32 Å². The summed E-state index contributed by atoms with van der Waals surface area (Å²) in [5.41, 5.74) is 0. The highest BCUT2D eigenvalue weighted by molar-refractivity contribution is 7.98. The van der Waals surface area contributed by atoms with Gasteiger partial charge in [0.15, 0.2) is 0 Å². The van der Waals surface area contributed by atoms with E-state index in [1.807, 2.05) is 6.26 Å². The van der Waals surface area contributed by atoms with Crippen molar-refractivity contribution in [2.45, 2.75) is 43.5 Å². The maximum absolute atomic E-state index is 11.4. The maximum atomic E-state index is 11.4. The van der Waals surface area contributed by atoms with E-state index in [1.165, 1.54) is 0 Å². The van der Waals surface area contributed by atoms with E-state index >= 15 is 0 Å². The number of nitrogens with one attached hydrogen (secondary N) is 1. The lowest BCUT2D eigenvalue weighted by atomic mass is 9.95. The minimum Gasteiger partial charge on any atom is -0.353 e. The van der Waals surface area contributed by atoms with Crippen molar-refractivity contribution in [2.24, 2.45) is 0 Å². The Morgan fingerprint density at radius 1 is 1.43 bits per heavy atom. The molecule has 0 bridgehead atoms. The zero-order valence-electron chi connectivity index (χ0n) is 8.59. The van der Waals surface area contributed by atoms with Crippen molar-refractivity contribution in [2.75, 3.05) is 12.0 Å². The molecule has 1 N–H and O–H groups in total. The Morgan fingerprint density at radius 2 is 2.07 bits per heavy atom. The minimum atomic E-state index is 0.192. The normalized spacial score (nSPS) is 27.3. The standard InChI is InChI=1S/C10H18ClNOS/c1-14-7-6-10(13)12-9-4-2-8(11)3-5-9/h8-9H,2-7H2,1H3,(H,12,13). The lowest BCUT2D eigenvalue weighted by molar-refractivity contribution is -0.121. The first-order valence-corrected chi connectivity index (χ1v) is 6.97. The van der Waals surface area contributed by atoms with Gasteiger partial charge in [-0.2, -0.15) is 11.8 Å². The highest BCUT2D eigenvalue weighted by Gasteiger charge is 2.20. The molecule has 0 spiro atoms. The van der Waals surface area contributed by atoms with Crippen molar-refractivity contribution < 1.29 is 4.79 Å². The number of hydrogen-bond donors (Lipinski definition) is 1. The molecule has 0 aromatic carbocycles. The van der Waals surface area contributed by atoms with Crippen molar-refractivity contribution >= 4 is 29.3 Å². The zero-order valence-corrected chi connectivity index (χ0v) is 10.2. The Morgan fingerprint density at radius 3 is 2.64 bits per heavy atom. The number of thioether (sulfide) groups is 1. The molecule has 14 heavy (non-hydrogen) atoms. The average molecular weight is 236 g/mol. The summed E-state index contributed by atoms with van der Waals surface area (Å²) in [6.45, 7) is 0. The summed E-state index contributed by atoms with van der Waals surface area (Å²) in [7, 11) is 0. The molecule has 0 radical (unpaired) electrons. The van der Waals surface area contributed by atoms with Gasteiger partial charge in [-0.3, -0.25) is 4.79 Å². The number of rotatable bonds is 4. The Bertz CT molecular complexity index is 181. The van der Waals surface area contributed by atoms with Gasteiger partial charge in [0.2, 0.25) is 5.91 Å². The first-order valence-electron chi connectivity index (χ1n) is 5.14. The molecule has 0 atom stereocenters. The molecule has 1 fully saturated rings. The summed E-state index contributed by atoms with van der Waals surface area (Å²) < 4.78 is 0. The van der Waals surface area contributed by atoms with Crippen molar-refractivity contribution in [3.8, 4) is 0 Å². The van der Waals surface area contributed by atoms with Gasteiger partial charge in [-0.1, -0.05) is 0 Å². The van der Waals surface area contributed by atoms with Crippen molar-refractivity contribution in [1.82, 2.24) is 5.32 Å². The highest BCUT2D eigenvalue weighted by Crippen LogP contribution is 2.22. The van der Waals surface area contributed by atoms with Gasteiger partial charge in [-0.25, -0.2) is 0 Å². The third-order valence-electron chi connectivity index (χ3n) is 2.56. The molecule has 2 nitrogen and oxygen atoms in total. The van der Waals surface area contributed by atoms with Gasteiger partial charge in [0.25, 0.3) is 0 Å². The predicted octanol–water partition coefficient (Wildman–Crippen LogP) is 2.41. The molecule has 0 unspecified atom stereocenters. The smallest absolute Gasteiger partial charge is 0.221 e. The molecule has 1 saturated carbocycles. The molecule has 0 heterocycles. The first-order chi connectivity index (χ1) is 6.72. The van der Waals surface area contributed by atoms with E-state index in [4.69, 9.17) is 11.6 Å². The van der Waals surface area contributed by atoms with E-state index in [-0.39, 0.29) is 5.91 Å². The van der Waals surface area contributed by atoms with Crippen molar-refractivity contribution in [1.29, 1.82) is 0 Å². The minimum absolute atomic E-state index is 0.192. The van der Waals surface area contributed by atoms with Gasteiger partial charge in [0.1, 0.15) is 0 Å². The van der Waals surface area contributed by atoms with Gasteiger partial charge in [-0.15, -0.1) is 11.6 Å². The lowest BCUT2D eigenvalue weighted by Crippen LogP contribution is -2.37. The summed E-state index contributed by atoms with van der Waals surface area (Å²) >= 11 is 7.70. The number of hydrogen-bond acceptors (Lipinski definition) is 2. The first kappa shape index (κ1) is 12.2. The maximum Gasteiger partial charge on any atom is 0.221 e. The van der Waals surface area contributed by atoms with E-state index in [9.17, 15) is 4.79 Å². The predicted molar refractivity (Wildman–Crippen MR) is 63.0 cm³/mol. The van der Waals surface area contributed by atoms with Crippen LogP contribution in [0.2, 0.25) is 0 Å². The number of carbonyl (C=O) groups is 1. The number of alkyl halides is 1. The Hall–Kier alpha value is 0.110. The summed E-state index contributed by atoms with van der Waals surface area (Å²) in [4.78, 5) is 11.4. The fourth-order valence-electron chi connectivity index (χ4n) is 1.69. The Kier molecular flexibility index (Phi) is 5.71. The fraction of sp³-hybridized carbons (Fsp3) is 0.900. The van der Waals surface area contributed by atoms with E-state index in [0.717, 1.165) is 31.4 Å². The molecule has 1 rings (SSSR count). The van der Waals surface area contributed by atoms with Crippen LogP contribution in [0, 0.1) is 0 Å². The SMILES string of the molecule is CSCCC(=O)NC1CCC(Cl)CC1. The number of carbonyl (C=O) groups excluding carboxylic acids is 1. The quantitative estimate of drug-likeness (QED) is 0.759. The van der Waals surface area contributed by atoms with E-state index in [1.54, 1.807) is 11.8 Å². The van der Waals surface area contributed by atoms with Crippen LogP contribution in [0.4, 0.5) is 0 Å². The topological polar surface area (TPSA) is 29.1 Å². The van der Waals surface area contributed by atoms with Gasteiger partial charge < -0.3 is 5.32 Å². The molecule has 0 saturated heterocycles. The molecule has 0 aliphatic heterocycles. The molecule has 0 aromatic rings. The van der Waals surface area contributed by atoms with Crippen LogP contribution in [0.1, 0.15) is 32.1 Å². The zero-order chi connectivity index (χ0) is 10.4. The largest absolute Gasteiger partial charge is 0.353 e. The van der Waals surface area contributed by atoms with Crippen LogP contribution in [0.3, 0.4) is 0 Å². The van der Waals surface area contributed by atoms with Crippen LogP contribution in [-0.2, 0) is 4.79 Å². The molecule has 1 aliphatic carbocycles. The second kappa shape index (κ2) is 6.57. The number of amides is 1. The average Bonchev–Trinajstić information content (AvgIpc) is 2.18. The van der Waals surface area contributed by atoms with Crippen LogP contribution in [0.15, 0.2) is 0 Å². The summed E-state index contributed by atoms with van der Waals surface area (Å²) in [6.07, 6.45) is 6.82. The third kappa shape index (κ3) is 4.56. The van der Waals surface area contributed by atoms with Crippen molar-refractivity contribution in [3.05, 3.63) is 0 Å². The van der Waals surface area contributed by atoms with Crippen LogP contribution in [-0.4, -0.2) is 29.3 Å². The van der Waals surface area contributed by atoms with E-state index in [2.05, 4.69) is 5.32 Å². The highest BCUT2D eigenvalue weighted by atomic mass is 35.5. The molecule has 82 valence electrons. The molecular weight excluding hydrogens is 218 g/mol. The van der Waals surface area contributed by atoms with E-state index in [0.29, 0.717) is 17.8 Å². The fourth-order valence-corrected chi connectivity index (χ4v) is 2.33. The Labute approximate surface area is 95.2 Å². The van der Waals surface area contributed by atoms with Gasteiger partial charge in [-0.05, 0) is 31.9 Å². The molecular formula is C10H18ClNOS. The second-order valence-electron chi connectivity index (χ2n) is 3.76. The van der Waals surface area contributed by atoms with Gasteiger partial charge in [0, 0.05) is 23.6 Å². The van der Waals surface area contributed by atoms with Gasteiger partial charge >= 0.3 is 0 Å². The van der Waals surface area contributed by atoms with E-state index < -0.39 is 0 Å². The van der Waals surface area contributed by atoms with Crippen LogP contribution >= 0.6 is 23.4 Å². The van der Waals surface area contributed by atoms with Gasteiger partial charge in [0.05, 0.1) is 0 Å². The number of halogens is 1. The van der Waals surface area contributed by atoms with Crippen LogP contribution in [0.5, 0.6) is 0 Å². The second-order valence-corrected chi connectivity index (χ2v) is 5.36. The summed E-state index contributed by atoms with van der Waals surface area (Å²) in [6, 6.07) is 0.374. The lowest BCUT2D eigenvalue weighted by Gasteiger charge is -2.25. The molecule has 0 aromatic heterocycles. The molecule has 4 heteroatoms. The summed E-state index contributed by atoms with van der Waals surface area (Å²) in [5.74, 6) is 1.11. The molecule has 1 aliphatic rings. The monoisotopic (exact) mass is 235 g/mol. The Balaban J connectivity index is 2.14.